The summed E-state index contributed by atoms with van der Waals surface area (Å²) < 4.78 is 0. The second-order valence-corrected chi connectivity index (χ2v) is 4.51. The van der Waals surface area contributed by atoms with Gasteiger partial charge in [0.1, 0.15) is 0 Å². The van der Waals surface area contributed by atoms with Crippen molar-refractivity contribution in [3.8, 4) is 0 Å². The van der Waals surface area contributed by atoms with Crippen LogP contribution in [0.5, 0.6) is 0 Å². The van der Waals surface area contributed by atoms with Gasteiger partial charge in [-0.05, 0) is 18.1 Å². The summed E-state index contributed by atoms with van der Waals surface area (Å²) >= 11 is 0. The highest BCUT2D eigenvalue weighted by atomic mass is 16.3. The van der Waals surface area contributed by atoms with E-state index in [-0.39, 0.29) is 0 Å². The van der Waals surface area contributed by atoms with Crippen molar-refractivity contribution < 1.29 is 5.11 Å². The van der Waals surface area contributed by atoms with Crippen LogP contribution in [-0.2, 0) is 0 Å². The number of aliphatic hydroxyl groups excluding tert-OH is 1. The lowest BCUT2D eigenvalue weighted by atomic mass is 10.1. The van der Waals surface area contributed by atoms with Crippen molar-refractivity contribution in [2.45, 2.75) is 13.0 Å². The highest BCUT2D eigenvalue weighted by Gasteiger charge is 1.99. The third-order valence-electron chi connectivity index (χ3n) is 2.91. The van der Waals surface area contributed by atoms with Crippen molar-refractivity contribution >= 4 is 6.08 Å². The molecule has 0 bridgehead atoms. The molecule has 0 aliphatic heterocycles. The molecule has 1 nitrogen and oxygen atoms in total. The molecular weight excluding hydrogens is 232 g/mol. The molecule has 96 valence electrons. The number of allylic oxidation sites excluding steroid dienone is 2. The minimum atomic E-state index is -0.552. The summed E-state index contributed by atoms with van der Waals surface area (Å²) in [6.07, 6.45) is 7.06. The predicted molar refractivity (Wildman–Crippen MR) is 80.8 cm³/mol. The Balaban J connectivity index is 1.94. The lowest BCUT2D eigenvalue weighted by Crippen LogP contribution is -1.91. The molecule has 0 aliphatic rings. The van der Waals surface area contributed by atoms with Gasteiger partial charge in [-0.25, -0.2) is 0 Å². The van der Waals surface area contributed by atoms with Crippen LogP contribution in [0.3, 0.4) is 0 Å². The minimum Gasteiger partial charge on any atom is -0.384 e. The quantitative estimate of drug-likeness (QED) is 0.802. The molecule has 2 aromatic carbocycles. The van der Waals surface area contributed by atoms with Crippen molar-refractivity contribution in [3.05, 3.63) is 89.5 Å². The fourth-order valence-corrected chi connectivity index (χ4v) is 1.77. The highest BCUT2D eigenvalue weighted by Crippen LogP contribution is 2.13. The smallest absolute Gasteiger partial charge is 0.0974 e. The van der Waals surface area contributed by atoms with Crippen molar-refractivity contribution in [1.82, 2.24) is 0 Å². The molecule has 1 atom stereocenters. The average molecular weight is 250 g/mol. The molecule has 0 spiro atoms. The van der Waals surface area contributed by atoms with E-state index in [1.54, 1.807) is 6.08 Å². The van der Waals surface area contributed by atoms with E-state index in [0.29, 0.717) is 0 Å². The molecule has 0 heterocycles. The first-order chi connectivity index (χ1) is 9.25. The van der Waals surface area contributed by atoms with Gasteiger partial charge in [0.25, 0.3) is 0 Å². The molecule has 1 unspecified atom stereocenters. The van der Waals surface area contributed by atoms with Crippen LogP contribution in [0.25, 0.3) is 6.08 Å². The molecule has 19 heavy (non-hydrogen) atoms. The third kappa shape index (κ3) is 4.23. The lowest BCUT2D eigenvalue weighted by Gasteiger charge is -2.03. The van der Waals surface area contributed by atoms with E-state index in [1.165, 1.54) is 5.56 Å². The van der Waals surface area contributed by atoms with Crippen molar-refractivity contribution in [1.29, 1.82) is 0 Å². The molecule has 0 saturated carbocycles. The Morgan fingerprint density at radius 3 is 2.26 bits per heavy atom. The molecule has 0 aromatic heterocycles. The Labute approximate surface area is 114 Å². The maximum atomic E-state index is 9.93. The van der Waals surface area contributed by atoms with Crippen LogP contribution in [0, 0.1) is 6.92 Å². The molecule has 0 radical (unpaired) electrons. The van der Waals surface area contributed by atoms with Gasteiger partial charge in [0.2, 0.25) is 0 Å². The third-order valence-corrected chi connectivity index (χ3v) is 2.91. The largest absolute Gasteiger partial charge is 0.384 e. The number of aryl methyl sites for hydroxylation is 1. The summed E-state index contributed by atoms with van der Waals surface area (Å²) in [5.41, 5.74) is 3.32. The van der Waals surface area contributed by atoms with Crippen LogP contribution in [0.4, 0.5) is 0 Å². The first kappa shape index (κ1) is 13.3. The Hall–Kier alpha value is -2.12. The van der Waals surface area contributed by atoms with E-state index < -0.39 is 6.10 Å². The predicted octanol–water partition coefficient (Wildman–Crippen LogP) is 4.30. The zero-order valence-electron chi connectivity index (χ0n) is 11.0. The maximum absolute atomic E-state index is 9.93. The minimum absolute atomic E-state index is 0.552. The number of hydrogen-bond donors (Lipinski definition) is 1. The van der Waals surface area contributed by atoms with Gasteiger partial charge in [-0.15, -0.1) is 0 Å². The Bertz CT molecular complexity index is 550. The van der Waals surface area contributed by atoms with E-state index in [4.69, 9.17) is 0 Å². The molecule has 0 amide bonds. The van der Waals surface area contributed by atoms with Crippen LogP contribution < -0.4 is 0 Å². The van der Waals surface area contributed by atoms with Crippen LogP contribution in [0.2, 0.25) is 0 Å². The standard InChI is InChI=1S/C18H18O/c1-15-11-13-16(14-12-15)7-5-6-10-18(19)17-8-3-2-4-9-17/h2-14,18-19H,1H3/b7-5+,10-6-. The molecule has 0 fully saturated rings. The Kier molecular flexibility index (Phi) is 4.71. The molecule has 2 rings (SSSR count). The number of rotatable bonds is 4. The Morgan fingerprint density at radius 1 is 0.895 bits per heavy atom. The fraction of sp³-hybridized carbons (Fsp3) is 0.111. The number of aliphatic hydroxyl groups is 1. The van der Waals surface area contributed by atoms with Gasteiger partial charge in [-0.1, -0.05) is 84.5 Å². The molecule has 1 N–H and O–H groups in total. The summed E-state index contributed by atoms with van der Waals surface area (Å²) in [4.78, 5) is 0. The van der Waals surface area contributed by atoms with E-state index in [1.807, 2.05) is 48.6 Å². The molecule has 0 saturated heterocycles. The normalized spacial score (nSPS) is 13.2. The summed E-state index contributed by atoms with van der Waals surface area (Å²) in [5.74, 6) is 0. The summed E-state index contributed by atoms with van der Waals surface area (Å²) in [5, 5.41) is 9.93. The summed E-state index contributed by atoms with van der Waals surface area (Å²) in [7, 11) is 0. The molecular formula is C18H18O. The SMILES string of the molecule is Cc1ccc(/C=C/C=C\C(O)c2ccccc2)cc1. The van der Waals surface area contributed by atoms with Crippen molar-refractivity contribution in [2.24, 2.45) is 0 Å². The van der Waals surface area contributed by atoms with Crippen molar-refractivity contribution in [2.75, 3.05) is 0 Å². The van der Waals surface area contributed by atoms with Gasteiger partial charge in [-0.2, -0.15) is 0 Å². The summed E-state index contributed by atoms with van der Waals surface area (Å²) in [6, 6.07) is 17.9. The van der Waals surface area contributed by atoms with Gasteiger partial charge in [-0.3, -0.25) is 0 Å². The van der Waals surface area contributed by atoms with Gasteiger partial charge in [0, 0.05) is 0 Å². The van der Waals surface area contributed by atoms with E-state index in [0.717, 1.165) is 11.1 Å². The topological polar surface area (TPSA) is 20.2 Å². The molecule has 2 aromatic rings. The average Bonchev–Trinajstić information content (AvgIpc) is 2.46. The van der Waals surface area contributed by atoms with Gasteiger partial charge < -0.3 is 5.11 Å². The maximum Gasteiger partial charge on any atom is 0.0974 e. The van der Waals surface area contributed by atoms with E-state index in [9.17, 15) is 5.11 Å². The van der Waals surface area contributed by atoms with Gasteiger partial charge >= 0.3 is 0 Å². The zero-order chi connectivity index (χ0) is 13.5. The molecule has 0 aliphatic carbocycles. The van der Waals surface area contributed by atoms with Crippen LogP contribution in [-0.4, -0.2) is 5.11 Å². The van der Waals surface area contributed by atoms with Crippen molar-refractivity contribution in [3.63, 3.8) is 0 Å². The second kappa shape index (κ2) is 6.72. The van der Waals surface area contributed by atoms with Crippen LogP contribution >= 0.6 is 0 Å². The first-order valence-corrected chi connectivity index (χ1v) is 6.40. The lowest BCUT2D eigenvalue weighted by molar-refractivity contribution is 0.228. The highest BCUT2D eigenvalue weighted by molar-refractivity contribution is 5.51. The monoisotopic (exact) mass is 250 g/mol. The van der Waals surface area contributed by atoms with E-state index >= 15 is 0 Å². The van der Waals surface area contributed by atoms with E-state index in [2.05, 4.69) is 31.2 Å². The number of benzene rings is 2. The van der Waals surface area contributed by atoms with Gasteiger partial charge in [0.15, 0.2) is 0 Å². The van der Waals surface area contributed by atoms with Gasteiger partial charge in [0.05, 0.1) is 6.10 Å². The first-order valence-electron chi connectivity index (χ1n) is 6.40. The summed E-state index contributed by atoms with van der Waals surface area (Å²) in [6.45, 7) is 2.07. The molecule has 1 heteroatoms. The fourth-order valence-electron chi connectivity index (χ4n) is 1.77. The second-order valence-electron chi connectivity index (χ2n) is 4.51. The van der Waals surface area contributed by atoms with Crippen LogP contribution in [0.15, 0.2) is 72.8 Å². The number of hydrogen-bond acceptors (Lipinski definition) is 1. The zero-order valence-corrected chi connectivity index (χ0v) is 11.0. The van der Waals surface area contributed by atoms with Crippen LogP contribution in [0.1, 0.15) is 22.8 Å². The Morgan fingerprint density at radius 2 is 1.58 bits per heavy atom.